The third-order valence-electron chi connectivity index (χ3n) is 12.1. The smallest absolute Gasteiger partial charge is 0.407 e. The number of fused-ring (bicyclic) bond motifs is 3. The lowest BCUT2D eigenvalue weighted by Gasteiger charge is -2.31. The Morgan fingerprint density at radius 2 is 1.19 bits per heavy atom. The van der Waals surface area contributed by atoms with Crippen molar-refractivity contribution in [1.29, 1.82) is 0 Å². The van der Waals surface area contributed by atoms with Gasteiger partial charge in [-0.05, 0) is 85.0 Å². The molecule has 0 aromatic heterocycles. The number of hydrogen-bond acceptors (Lipinski definition) is 11. The lowest BCUT2D eigenvalue weighted by Crippen LogP contribution is -2.50. The van der Waals surface area contributed by atoms with Gasteiger partial charge in [0.15, 0.2) is 11.6 Å². The van der Waals surface area contributed by atoms with E-state index in [1.807, 2.05) is 104 Å². The second-order valence-electron chi connectivity index (χ2n) is 21.9. The predicted octanol–water partition coefficient (Wildman–Crippen LogP) is 10.2. The first-order chi connectivity index (χ1) is 31.3. The van der Waals surface area contributed by atoms with Crippen LogP contribution in [0.25, 0.3) is 11.1 Å². The van der Waals surface area contributed by atoms with Gasteiger partial charge in [0, 0.05) is 62.5 Å². The van der Waals surface area contributed by atoms with E-state index in [-0.39, 0.29) is 110 Å². The number of ketones is 2. The van der Waals surface area contributed by atoms with Crippen LogP contribution in [-0.4, -0.2) is 101 Å². The van der Waals surface area contributed by atoms with E-state index in [0.717, 1.165) is 22.3 Å². The summed E-state index contributed by atoms with van der Waals surface area (Å²) in [6.07, 6.45) is 0.918. The van der Waals surface area contributed by atoms with Crippen molar-refractivity contribution in [2.45, 2.75) is 145 Å². The van der Waals surface area contributed by atoms with E-state index in [4.69, 9.17) is 19.5 Å². The zero-order valence-electron chi connectivity index (χ0n) is 41.7. The molecular weight excluding hydrogens is 849 g/mol. The molecule has 0 fully saturated rings. The molecule has 2 aromatic carbocycles. The van der Waals surface area contributed by atoms with Crippen molar-refractivity contribution in [3.8, 4) is 11.1 Å². The van der Waals surface area contributed by atoms with E-state index in [1.54, 1.807) is 20.8 Å². The lowest BCUT2D eigenvalue weighted by atomic mass is 9.75. The van der Waals surface area contributed by atoms with Crippen molar-refractivity contribution in [3.05, 3.63) is 82.3 Å². The molecule has 364 valence electrons. The van der Waals surface area contributed by atoms with Crippen LogP contribution in [0.3, 0.4) is 0 Å². The van der Waals surface area contributed by atoms with Gasteiger partial charge in [-0.3, -0.25) is 29.2 Å². The highest BCUT2D eigenvalue weighted by molar-refractivity contribution is 6.24. The highest BCUT2D eigenvalue weighted by Gasteiger charge is 2.37. The topological polar surface area (TPSA) is 184 Å². The van der Waals surface area contributed by atoms with E-state index in [0.29, 0.717) is 37.1 Å². The number of carbonyl (C=O) groups is 5. The number of amides is 2. The van der Waals surface area contributed by atoms with E-state index >= 15 is 0 Å². The monoisotopic (exact) mass is 923 g/mol. The Labute approximate surface area is 397 Å². The van der Waals surface area contributed by atoms with E-state index in [2.05, 4.69) is 5.32 Å². The molecule has 3 aliphatic rings. The minimum absolute atomic E-state index is 0.00769. The van der Waals surface area contributed by atoms with Crippen molar-refractivity contribution in [1.82, 2.24) is 10.2 Å². The van der Waals surface area contributed by atoms with Crippen molar-refractivity contribution in [2.24, 2.45) is 32.7 Å². The number of nitrogens with zero attached hydrogens (tertiary/aromatic N) is 3. The summed E-state index contributed by atoms with van der Waals surface area (Å²) in [5.74, 6) is -1.43. The molecule has 67 heavy (non-hydrogen) atoms. The molecule has 5 rings (SSSR count). The number of benzene rings is 2. The summed E-state index contributed by atoms with van der Waals surface area (Å²) in [5, 5.41) is 25.1. The first-order valence-corrected chi connectivity index (χ1v) is 23.9. The van der Waals surface area contributed by atoms with Gasteiger partial charge in [0.25, 0.3) is 0 Å². The fourth-order valence-corrected chi connectivity index (χ4v) is 9.35. The SMILES string of the molecule is CC(C)CC(=NCCN(CCN=C(CC(C)C)C1=C(O)CC(C)(C)CC1=O)C(=O)C(CCC(=O)OC(C)(C)C)NC(=O)OCC1c2ccccc2-c2ccccc21)C1=C(O)CC(C)(C)CC1=O. The van der Waals surface area contributed by atoms with Gasteiger partial charge >= 0.3 is 12.1 Å². The van der Waals surface area contributed by atoms with Crippen molar-refractivity contribution in [3.63, 3.8) is 0 Å². The van der Waals surface area contributed by atoms with Crippen LogP contribution in [0, 0.1) is 22.7 Å². The molecule has 0 bridgehead atoms. The summed E-state index contributed by atoms with van der Waals surface area (Å²) < 4.78 is 11.5. The Morgan fingerprint density at radius 1 is 0.746 bits per heavy atom. The number of ether oxygens (including phenoxy) is 2. The number of allylic oxidation sites excluding steroid dienone is 4. The molecule has 0 spiro atoms. The van der Waals surface area contributed by atoms with Gasteiger partial charge in [0.1, 0.15) is 29.8 Å². The maximum Gasteiger partial charge on any atom is 0.407 e. The van der Waals surface area contributed by atoms with Gasteiger partial charge in [0.2, 0.25) is 5.91 Å². The molecule has 1 unspecified atom stereocenters. The van der Waals surface area contributed by atoms with Gasteiger partial charge in [0.05, 0.1) is 24.2 Å². The molecule has 1 atom stereocenters. The van der Waals surface area contributed by atoms with E-state index < -0.39 is 40.4 Å². The van der Waals surface area contributed by atoms with Crippen LogP contribution >= 0.6 is 0 Å². The van der Waals surface area contributed by atoms with Gasteiger partial charge in [-0.1, -0.05) is 104 Å². The van der Waals surface area contributed by atoms with Crippen LogP contribution in [0.5, 0.6) is 0 Å². The van der Waals surface area contributed by atoms with Gasteiger partial charge in [-0.2, -0.15) is 0 Å². The molecule has 3 aliphatic carbocycles. The number of nitrogens with one attached hydrogen (secondary N) is 1. The summed E-state index contributed by atoms with van der Waals surface area (Å²) in [4.78, 5) is 80.1. The number of alkyl carbamates (subject to hydrolysis) is 1. The highest BCUT2D eigenvalue weighted by Crippen LogP contribution is 2.45. The Balaban J connectivity index is 1.47. The molecule has 13 heteroatoms. The Hall–Kier alpha value is -5.59. The number of rotatable bonds is 19. The molecule has 0 saturated heterocycles. The van der Waals surface area contributed by atoms with E-state index in [1.165, 1.54) is 4.90 Å². The standard InChI is InChI=1S/C54H74N4O9/c1-33(2)26-41(48-43(59)28-53(8,9)29-44(48)60)55-22-24-58(25-23-56-42(27-34(3)4)49-45(61)30-54(10,11)31-46(49)62)50(64)40(20-21-47(63)67-52(5,6)7)57-51(65)66-32-39-37-18-14-12-16-35(37)36-17-13-15-19-38(36)39/h12-19,33-34,39-40,59,61H,20-32H2,1-11H3,(H,57,65). The molecule has 0 saturated carbocycles. The Bertz CT molecular complexity index is 2180. The quantitative estimate of drug-likeness (QED) is 0.0911. The molecule has 0 heterocycles. The fraction of sp³-hybridized carbons (Fsp3) is 0.574. The zero-order chi connectivity index (χ0) is 49.4. The normalized spacial score (nSPS) is 18.0. The summed E-state index contributed by atoms with van der Waals surface area (Å²) in [6, 6.07) is 14.7. The molecule has 0 aliphatic heterocycles. The van der Waals surface area contributed by atoms with Gasteiger partial charge < -0.3 is 29.9 Å². The number of aliphatic hydroxyl groups excluding tert-OH is 2. The van der Waals surface area contributed by atoms with Crippen molar-refractivity contribution >= 4 is 41.0 Å². The van der Waals surface area contributed by atoms with Gasteiger partial charge in [-0.25, -0.2) is 4.79 Å². The van der Waals surface area contributed by atoms with Crippen LogP contribution < -0.4 is 5.32 Å². The van der Waals surface area contributed by atoms with Crippen LogP contribution in [0.1, 0.15) is 145 Å². The third kappa shape index (κ3) is 14.5. The van der Waals surface area contributed by atoms with Crippen LogP contribution in [-0.2, 0) is 28.7 Å². The first kappa shape index (κ1) is 52.4. The molecule has 2 amide bonds. The number of esters is 1. The minimum Gasteiger partial charge on any atom is -0.511 e. The molecular formula is C54H74N4O9. The number of aliphatic hydroxyl groups is 2. The van der Waals surface area contributed by atoms with Crippen molar-refractivity contribution < 1.29 is 43.7 Å². The van der Waals surface area contributed by atoms with Crippen LogP contribution in [0.15, 0.2) is 81.2 Å². The summed E-state index contributed by atoms with van der Waals surface area (Å²) in [6.45, 7) is 21.2. The number of Topliss-reactive ketones (excluding diaryl/α,β-unsaturated/α-hetero) is 2. The maximum atomic E-state index is 14.9. The molecule has 2 aromatic rings. The summed E-state index contributed by atoms with van der Waals surface area (Å²) in [7, 11) is 0. The minimum atomic E-state index is -1.23. The second kappa shape index (κ2) is 22.0. The molecule has 0 radical (unpaired) electrons. The van der Waals surface area contributed by atoms with E-state index in [9.17, 15) is 34.2 Å². The number of aliphatic imine (C=N–C) groups is 2. The average molecular weight is 923 g/mol. The summed E-state index contributed by atoms with van der Waals surface area (Å²) >= 11 is 0. The zero-order valence-corrected chi connectivity index (χ0v) is 41.7. The van der Waals surface area contributed by atoms with Crippen LogP contribution in [0.2, 0.25) is 0 Å². The largest absolute Gasteiger partial charge is 0.511 e. The average Bonchev–Trinajstić information content (AvgIpc) is 3.51. The second-order valence-corrected chi connectivity index (χ2v) is 21.9. The van der Waals surface area contributed by atoms with Gasteiger partial charge in [-0.15, -0.1) is 0 Å². The number of hydrogen-bond donors (Lipinski definition) is 3. The molecule has 3 N–H and O–H groups in total. The summed E-state index contributed by atoms with van der Waals surface area (Å²) in [5.41, 5.74) is 4.02. The van der Waals surface area contributed by atoms with Crippen molar-refractivity contribution in [2.75, 3.05) is 32.8 Å². The first-order valence-electron chi connectivity index (χ1n) is 23.9. The Kier molecular flexibility index (Phi) is 17.2. The van der Waals surface area contributed by atoms with Crippen LogP contribution in [0.4, 0.5) is 4.79 Å². The Morgan fingerprint density at radius 3 is 1.61 bits per heavy atom. The molecule has 13 nitrogen and oxygen atoms in total. The maximum absolute atomic E-state index is 14.9. The predicted molar refractivity (Wildman–Crippen MR) is 263 cm³/mol. The highest BCUT2D eigenvalue weighted by atomic mass is 16.6. The lowest BCUT2D eigenvalue weighted by molar-refractivity contribution is -0.155. The fourth-order valence-electron chi connectivity index (χ4n) is 9.35. The number of carbonyl (C=O) groups excluding carboxylic acids is 5. The third-order valence-corrected chi connectivity index (χ3v) is 12.1.